The van der Waals surface area contributed by atoms with E-state index >= 15 is 0 Å². The standard InChI is InChI=1S/C12H20/c1-6-4-10-7(2)8(3)11-5-9(6)12(10)11/h6-12H,4-5H2,1-3H3. The lowest BCUT2D eigenvalue weighted by Crippen LogP contribution is -2.35. The van der Waals surface area contributed by atoms with Crippen LogP contribution in [0.3, 0.4) is 0 Å². The zero-order chi connectivity index (χ0) is 8.46. The lowest BCUT2D eigenvalue weighted by atomic mass is 9.63. The first-order valence-corrected chi connectivity index (χ1v) is 5.70. The summed E-state index contributed by atoms with van der Waals surface area (Å²) in [4.78, 5) is 0. The van der Waals surface area contributed by atoms with Gasteiger partial charge in [-0.3, -0.25) is 0 Å². The Hall–Kier alpha value is 0. The Morgan fingerprint density at radius 2 is 1.33 bits per heavy atom. The van der Waals surface area contributed by atoms with Gasteiger partial charge in [-0.15, -0.1) is 0 Å². The van der Waals surface area contributed by atoms with Crippen LogP contribution in [0.4, 0.5) is 0 Å². The molecule has 0 aliphatic heterocycles. The van der Waals surface area contributed by atoms with Crippen molar-refractivity contribution in [2.24, 2.45) is 41.4 Å². The van der Waals surface area contributed by atoms with Gasteiger partial charge in [-0.25, -0.2) is 0 Å². The Morgan fingerprint density at radius 3 is 1.92 bits per heavy atom. The van der Waals surface area contributed by atoms with Crippen molar-refractivity contribution in [1.29, 1.82) is 0 Å². The summed E-state index contributed by atoms with van der Waals surface area (Å²) in [6.45, 7) is 7.48. The molecule has 0 spiro atoms. The molecule has 0 heteroatoms. The topological polar surface area (TPSA) is 0 Å². The molecule has 0 aromatic rings. The van der Waals surface area contributed by atoms with Gasteiger partial charge in [0.15, 0.2) is 0 Å². The van der Waals surface area contributed by atoms with Crippen molar-refractivity contribution in [3.05, 3.63) is 0 Å². The molecule has 0 aromatic heterocycles. The zero-order valence-electron chi connectivity index (χ0n) is 8.46. The van der Waals surface area contributed by atoms with Crippen LogP contribution in [0.1, 0.15) is 33.6 Å². The van der Waals surface area contributed by atoms with Crippen LogP contribution in [0, 0.1) is 41.4 Å². The van der Waals surface area contributed by atoms with Crippen molar-refractivity contribution in [2.45, 2.75) is 33.6 Å². The first-order chi connectivity index (χ1) is 5.70. The van der Waals surface area contributed by atoms with Gasteiger partial charge in [0.1, 0.15) is 0 Å². The Balaban J connectivity index is 1.92. The van der Waals surface area contributed by atoms with E-state index in [1.54, 1.807) is 12.8 Å². The Morgan fingerprint density at radius 1 is 0.750 bits per heavy atom. The Labute approximate surface area is 75.7 Å². The summed E-state index contributed by atoms with van der Waals surface area (Å²) < 4.78 is 0. The maximum absolute atomic E-state index is 2.50. The summed E-state index contributed by atoms with van der Waals surface area (Å²) in [6.07, 6.45) is 3.13. The normalized spacial score (nSPS) is 67.8. The summed E-state index contributed by atoms with van der Waals surface area (Å²) in [6, 6.07) is 0. The van der Waals surface area contributed by atoms with Crippen LogP contribution < -0.4 is 0 Å². The summed E-state index contributed by atoms with van der Waals surface area (Å²) in [5.74, 6) is 7.72. The van der Waals surface area contributed by atoms with Crippen molar-refractivity contribution in [1.82, 2.24) is 0 Å². The van der Waals surface area contributed by atoms with Gasteiger partial charge in [0.25, 0.3) is 0 Å². The number of hydrogen-bond acceptors (Lipinski definition) is 0. The SMILES string of the molecule is CC1CC2C(C)C(C)C3CC1C23. The molecule has 7 atom stereocenters. The third-order valence-corrected chi connectivity index (χ3v) is 5.58. The van der Waals surface area contributed by atoms with E-state index in [0.29, 0.717) is 0 Å². The van der Waals surface area contributed by atoms with E-state index in [2.05, 4.69) is 20.8 Å². The molecule has 0 N–H and O–H groups in total. The second-order valence-corrected chi connectivity index (χ2v) is 5.74. The Bertz CT molecular complexity index is 202. The first-order valence-electron chi connectivity index (χ1n) is 5.70. The van der Waals surface area contributed by atoms with Crippen LogP contribution in [-0.4, -0.2) is 0 Å². The van der Waals surface area contributed by atoms with Gasteiger partial charge in [-0.05, 0) is 54.3 Å². The van der Waals surface area contributed by atoms with Crippen LogP contribution in [0.15, 0.2) is 0 Å². The zero-order valence-corrected chi connectivity index (χ0v) is 8.46. The van der Waals surface area contributed by atoms with Gasteiger partial charge in [-0.2, -0.15) is 0 Å². The van der Waals surface area contributed by atoms with E-state index < -0.39 is 0 Å². The second-order valence-electron chi connectivity index (χ2n) is 5.74. The van der Waals surface area contributed by atoms with Crippen LogP contribution >= 0.6 is 0 Å². The molecule has 3 aliphatic rings. The lowest BCUT2D eigenvalue weighted by molar-refractivity contribution is 0.0662. The van der Waals surface area contributed by atoms with Crippen molar-refractivity contribution in [3.8, 4) is 0 Å². The number of rotatable bonds is 0. The minimum absolute atomic E-state index is 1.04. The third-order valence-electron chi connectivity index (χ3n) is 5.58. The van der Waals surface area contributed by atoms with Crippen LogP contribution in [0.25, 0.3) is 0 Å². The van der Waals surface area contributed by atoms with Crippen LogP contribution in [-0.2, 0) is 0 Å². The van der Waals surface area contributed by atoms with Gasteiger partial charge in [0.2, 0.25) is 0 Å². The average Bonchev–Trinajstić information content (AvgIpc) is 2.28. The predicted molar refractivity (Wildman–Crippen MR) is 50.7 cm³/mol. The summed E-state index contributed by atoms with van der Waals surface area (Å²) >= 11 is 0. The molecule has 12 heavy (non-hydrogen) atoms. The second kappa shape index (κ2) is 2.08. The van der Waals surface area contributed by atoms with Crippen LogP contribution in [0.2, 0.25) is 0 Å². The summed E-state index contributed by atoms with van der Waals surface area (Å²) in [5, 5.41) is 0. The molecular formula is C12H20. The van der Waals surface area contributed by atoms with E-state index in [4.69, 9.17) is 0 Å². The highest BCUT2D eigenvalue weighted by Gasteiger charge is 2.61. The Kier molecular flexibility index (Phi) is 1.28. The minimum atomic E-state index is 1.04. The summed E-state index contributed by atoms with van der Waals surface area (Å²) in [5.41, 5.74) is 0. The fraction of sp³-hybridized carbons (Fsp3) is 1.00. The van der Waals surface area contributed by atoms with E-state index in [1.807, 2.05) is 0 Å². The molecule has 0 nitrogen and oxygen atoms in total. The van der Waals surface area contributed by atoms with Gasteiger partial charge < -0.3 is 0 Å². The molecule has 3 fully saturated rings. The van der Waals surface area contributed by atoms with E-state index in [9.17, 15) is 0 Å². The highest BCUT2D eigenvalue weighted by atomic mass is 14.7. The molecule has 0 heterocycles. The molecule has 7 unspecified atom stereocenters. The maximum atomic E-state index is 2.50. The van der Waals surface area contributed by atoms with Crippen molar-refractivity contribution >= 4 is 0 Å². The molecule has 0 amide bonds. The highest BCUT2D eigenvalue weighted by molar-refractivity contribution is 5.09. The van der Waals surface area contributed by atoms with Gasteiger partial charge in [-0.1, -0.05) is 20.8 Å². The molecule has 68 valence electrons. The monoisotopic (exact) mass is 164 g/mol. The number of hydrogen-bond donors (Lipinski definition) is 0. The fourth-order valence-corrected chi connectivity index (χ4v) is 4.67. The van der Waals surface area contributed by atoms with E-state index in [1.165, 1.54) is 5.92 Å². The minimum Gasteiger partial charge on any atom is -0.0622 e. The van der Waals surface area contributed by atoms with Gasteiger partial charge in [0.05, 0.1) is 0 Å². The molecule has 3 rings (SSSR count). The summed E-state index contributed by atoms with van der Waals surface area (Å²) in [7, 11) is 0. The first kappa shape index (κ1) is 7.41. The van der Waals surface area contributed by atoms with Crippen molar-refractivity contribution in [3.63, 3.8) is 0 Å². The maximum Gasteiger partial charge on any atom is -0.0321 e. The lowest BCUT2D eigenvalue weighted by Gasteiger charge is -2.42. The van der Waals surface area contributed by atoms with Crippen LogP contribution in [0.5, 0.6) is 0 Å². The molecule has 0 saturated heterocycles. The largest absolute Gasteiger partial charge is 0.0622 e. The predicted octanol–water partition coefficient (Wildman–Crippen LogP) is 3.18. The third kappa shape index (κ3) is 0.625. The van der Waals surface area contributed by atoms with Crippen molar-refractivity contribution in [2.75, 3.05) is 0 Å². The molecule has 3 saturated carbocycles. The van der Waals surface area contributed by atoms with Crippen molar-refractivity contribution < 1.29 is 0 Å². The molecule has 0 bridgehead atoms. The highest BCUT2D eigenvalue weighted by Crippen LogP contribution is 2.67. The van der Waals surface area contributed by atoms with Gasteiger partial charge >= 0.3 is 0 Å². The van der Waals surface area contributed by atoms with E-state index in [0.717, 1.165) is 35.5 Å². The van der Waals surface area contributed by atoms with E-state index in [-0.39, 0.29) is 0 Å². The molecule has 3 aliphatic carbocycles. The quantitative estimate of drug-likeness (QED) is 0.516. The van der Waals surface area contributed by atoms with Gasteiger partial charge in [0, 0.05) is 0 Å². The molecular weight excluding hydrogens is 144 g/mol. The molecule has 0 radical (unpaired) electrons. The average molecular weight is 164 g/mol. The fourth-order valence-electron chi connectivity index (χ4n) is 4.67. The molecule has 0 aromatic carbocycles. The smallest absolute Gasteiger partial charge is 0.0321 e.